The number of hydrogen-bond acceptors (Lipinski definition) is 4. The van der Waals surface area contributed by atoms with Gasteiger partial charge in [0.25, 0.3) is 5.56 Å². The van der Waals surface area contributed by atoms with Gasteiger partial charge in [-0.2, -0.15) is 0 Å². The maximum Gasteiger partial charge on any atom is 0.255 e. The van der Waals surface area contributed by atoms with Gasteiger partial charge in [-0.3, -0.25) is 9.69 Å². The first-order valence-corrected chi connectivity index (χ1v) is 9.98. The summed E-state index contributed by atoms with van der Waals surface area (Å²) in [5.41, 5.74) is 4.24. The minimum atomic E-state index is -0.00913. The van der Waals surface area contributed by atoms with Crippen molar-refractivity contribution in [3.63, 3.8) is 0 Å². The van der Waals surface area contributed by atoms with Crippen molar-refractivity contribution in [2.45, 2.75) is 19.5 Å². The third kappa shape index (κ3) is 2.91. The molecule has 4 heterocycles. The maximum absolute atomic E-state index is 12.7. The number of thiophene rings is 1. The second-order valence-corrected chi connectivity index (χ2v) is 7.98. The average Bonchev–Trinajstić information content (AvgIpc) is 3.32. The van der Waals surface area contributed by atoms with Crippen molar-refractivity contribution in [1.82, 2.24) is 19.4 Å². The van der Waals surface area contributed by atoms with E-state index in [9.17, 15) is 4.79 Å². The second-order valence-electron chi connectivity index (χ2n) is 7.03. The molecule has 5 nitrogen and oxygen atoms in total. The first-order valence-electron chi connectivity index (χ1n) is 9.10. The molecule has 0 unspecified atom stereocenters. The molecule has 6 heteroatoms. The Morgan fingerprint density at radius 3 is 2.93 bits per heavy atom. The summed E-state index contributed by atoms with van der Waals surface area (Å²) < 4.78 is 2.24. The monoisotopic (exact) mass is 376 g/mol. The number of hydrogen-bond donors (Lipinski definition) is 1. The molecule has 27 heavy (non-hydrogen) atoms. The topological polar surface area (TPSA) is 53.9 Å². The van der Waals surface area contributed by atoms with Crippen LogP contribution in [-0.2, 0) is 26.6 Å². The zero-order valence-electron chi connectivity index (χ0n) is 15.1. The highest BCUT2D eigenvalue weighted by Crippen LogP contribution is 2.24. The molecule has 0 aliphatic carbocycles. The van der Waals surface area contributed by atoms with E-state index in [1.165, 1.54) is 16.6 Å². The SMILES string of the molecule is Cn1c(CN2CCc3nc(-c4cccs4)[nH]c(=O)c3C2)cc2ccccc21. The Hall–Kier alpha value is -2.70. The molecule has 0 radical (unpaired) electrons. The van der Waals surface area contributed by atoms with Crippen LogP contribution in [0.1, 0.15) is 17.0 Å². The van der Waals surface area contributed by atoms with E-state index in [0.717, 1.165) is 35.6 Å². The molecule has 4 aromatic rings. The smallest absolute Gasteiger partial charge is 0.255 e. The highest BCUT2D eigenvalue weighted by molar-refractivity contribution is 7.13. The van der Waals surface area contributed by atoms with Gasteiger partial charge in [0.05, 0.1) is 16.1 Å². The summed E-state index contributed by atoms with van der Waals surface area (Å²) in [5.74, 6) is 0.691. The lowest BCUT2D eigenvalue weighted by molar-refractivity contribution is 0.237. The third-order valence-electron chi connectivity index (χ3n) is 5.34. The number of benzene rings is 1. The van der Waals surface area contributed by atoms with Crippen LogP contribution < -0.4 is 5.56 Å². The summed E-state index contributed by atoms with van der Waals surface area (Å²) in [7, 11) is 2.11. The number of aromatic nitrogens is 3. The van der Waals surface area contributed by atoms with Gasteiger partial charge in [0.2, 0.25) is 0 Å². The third-order valence-corrected chi connectivity index (χ3v) is 6.22. The van der Waals surface area contributed by atoms with Crippen LogP contribution in [0, 0.1) is 0 Å². The number of H-pyrrole nitrogens is 1. The van der Waals surface area contributed by atoms with Crippen LogP contribution >= 0.6 is 11.3 Å². The van der Waals surface area contributed by atoms with Crippen molar-refractivity contribution < 1.29 is 0 Å². The zero-order chi connectivity index (χ0) is 18.4. The first kappa shape index (κ1) is 16.5. The normalized spacial score (nSPS) is 14.6. The summed E-state index contributed by atoms with van der Waals surface area (Å²) >= 11 is 1.60. The molecule has 0 saturated heterocycles. The lowest BCUT2D eigenvalue weighted by Gasteiger charge is -2.27. The fourth-order valence-corrected chi connectivity index (χ4v) is 4.54. The van der Waals surface area contributed by atoms with Crippen LogP contribution in [0.15, 0.2) is 52.6 Å². The molecule has 0 atom stereocenters. The van der Waals surface area contributed by atoms with Gasteiger partial charge < -0.3 is 9.55 Å². The molecular formula is C21H20N4OS. The van der Waals surface area contributed by atoms with Gasteiger partial charge >= 0.3 is 0 Å². The van der Waals surface area contributed by atoms with Gasteiger partial charge in [-0.05, 0) is 29.0 Å². The minimum absolute atomic E-state index is 0.00913. The summed E-state index contributed by atoms with van der Waals surface area (Å²) in [6.07, 6.45) is 0.807. The molecule has 1 aliphatic heterocycles. The molecule has 1 aromatic carbocycles. The highest BCUT2D eigenvalue weighted by atomic mass is 32.1. The van der Waals surface area contributed by atoms with Gasteiger partial charge in [-0.1, -0.05) is 24.3 Å². The van der Waals surface area contributed by atoms with E-state index < -0.39 is 0 Å². The molecule has 0 amide bonds. The Kier molecular flexibility index (Phi) is 3.95. The fourth-order valence-electron chi connectivity index (χ4n) is 3.87. The Balaban J connectivity index is 1.42. The quantitative estimate of drug-likeness (QED) is 0.595. The van der Waals surface area contributed by atoms with E-state index in [2.05, 4.69) is 51.8 Å². The molecular weight excluding hydrogens is 356 g/mol. The summed E-state index contributed by atoms with van der Waals surface area (Å²) in [5, 5.41) is 3.26. The summed E-state index contributed by atoms with van der Waals surface area (Å²) in [4.78, 5) is 23.7. The standard InChI is InChI=1S/C21H20N4OS/c1-24-15(11-14-5-2-3-6-18(14)24)12-25-9-8-17-16(13-25)21(26)23-20(22-17)19-7-4-10-27-19/h2-7,10-11H,8-9,12-13H2,1H3,(H,22,23,26). The fraction of sp³-hybridized carbons (Fsp3) is 0.238. The van der Waals surface area contributed by atoms with E-state index >= 15 is 0 Å². The molecule has 0 fully saturated rings. The lowest BCUT2D eigenvalue weighted by Crippen LogP contribution is -2.35. The van der Waals surface area contributed by atoms with Crippen LogP contribution in [-0.4, -0.2) is 26.0 Å². The number of aryl methyl sites for hydroxylation is 1. The highest BCUT2D eigenvalue weighted by Gasteiger charge is 2.22. The van der Waals surface area contributed by atoms with Crippen LogP contribution in [0.2, 0.25) is 0 Å². The van der Waals surface area contributed by atoms with E-state index in [1.807, 2.05) is 17.5 Å². The van der Waals surface area contributed by atoms with Crippen molar-refractivity contribution >= 4 is 22.2 Å². The largest absolute Gasteiger partial charge is 0.346 e. The molecule has 5 rings (SSSR count). The predicted molar refractivity (Wildman–Crippen MR) is 109 cm³/mol. The number of para-hydroxylation sites is 1. The van der Waals surface area contributed by atoms with Crippen LogP contribution in [0.3, 0.4) is 0 Å². The number of rotatable bonds is 3. The Morgan fingerprint density at radius 1 is 1.22 bits per heavy atom. The lowest BCUT2D eigenvalue weighted by atomic mass is 10.1. The first-order chi connectivity index (χ1) is 13.2. The van der Waals surface area contributed by atoms with Crippen molar-refractivity contribution in [1.29, 1.82) is 0 Å². The predicted octanol–water partition coefficient (Wildman–Crippen LogP) is 3.55. The van der Waals surface area contributed by atoms with Crippen molar-refractivity contribution in [3.05, 3.63) is 75.1 Å². The molecule has 1 N–H and O–H groups in total. The molecule has 0 bridgehead atoms. The van der Waals surface area contributed by atoms with E-state index in [0.29, 0.717) is 12.4 Å². The zero-order valence-corrected chi connectivity index (χ0v) is 15.9. The molecule has 3 aromatic heterocycles. The number of nitrogens with zero attached hydrogens (tertiary/aromatic N) is 3. The van der Waals surface area contributed by atoms with E-state index in [1.54, 1.807) is 11.3 Å². The molecule has 0 saturated carbocycles. The summed E-state index contributed by atoms with van der Waals surface area (Å²) in [6, 6.07) is 14.6. The second kappa shape index (κ2) is 6.48. The molecule has 1 aliphatic rings. The van der Waals surface area contributed by atoms with Crippen LogP contribution in [0.5, 0.6) is 0 Å². The number of aromatic amines is 1. The van der Waals surface area contributed by atoms with E-state index in [-0.39, 0.29) is 5.56 Å². The van der Waals surface area contributed by atoms with Gasteiger partial charge in [-0.25, -0.2) is 4.98 Å². The van der Waals surface area contributed by atoms with E-state index in [4.69, 9.17) is 4.98 Å². The molecule has 136 valence electrons. The number of nitrogens with one attached hydrogen (secondary N) is 1. The summed E-state index contributed by atoms with van der Waals surface area (Å²) in [6.45, 7) is 2.38. The van der Waals surface area contributed by atoms with Gasteiger partial charge in [0.1, 0.15) is 0 Å². The average molecular weight is 376 g/mol. The van der Waals surface area contributed by atoms with Gasteiger partial charge in [0, 0.05) is 44.3 Å². The number of fused-ring (bicyclic) bond motifs is 2. The van der Waals surface area contributed by atoms with Gasteiger partial charge in [-0.15, -0.1) is 11.3 Å². The van der Waals surface area contributed by atoms with Crippen LogP contribution in [0.25, 0.3) is 21.6 Å². The van der Waals surface area contributed by atoms with Crippen LogP contribution in [0.4, 0.5) is 0 Å². The van der Waals surface area contributed by atoms with Crippen molar-refractivity contribution in [3.8, 4) is 10.7 Å². The Morgan fingerprint density at radius 2 is 2.11 bits per heavy atom. The van der Waals surface area contributed by atoms with Crippen molar-refractivity contribution in [2.24, 2.45) is 7.05 Å². The Labute approximate surface area is 160 Å². The molecule has 0 spiro atoms. The van der Waals surface area contributed by atoms with Crippen molar-refractivity contribution in [2.75, 3.05) is 6.54 Å². The van der Waals surface area contributed by atoms with Gasteiger partial charge in [0.15, 0.2) is 5.82 Å². The Bertz CT molecular complexity index is 1170. The maximum atomic E-state index is 12.7. The minimum Gasteiger partial charge on any atom is -0.346 e.